The van der Waals surface area contributed by atoms with Gasteiger partial charge in [-0.3, -0.25) is 9.69 Å². The van der Waals surface area contributed by atoms with Crippen LogP contribution in [0.15, 0.2) is 0 Å². The fourth-order valence-electron chi connectivity index (χ4n) is 2.35. The number of alkyl carbamates (subject to hydrolysis) is 1. The van der Waals surface area contributed by atoms with Gasteiger partial charge in [0.25, 0.3) is 0 Å². The Morgan fingerprint density at radius 2 is 2.05 bits per heavy atom. The number of rotatable bonds is 5. The monoisotopic (exact) mass is 285 g/mol. The number of nitrogens with two attached hydrogens (primary N) is 1. The molecule has 0 bridgehead atoms. The predicted octanol–water partition coefficient (Wildman–Crippen LogP) is 1.24. The van der Waals surface area contributed by atoms with Gasteiger partial charge in [0.2, 0.25) is 5.91 Å². The summed E-state index contributed by atoms with van der Waals surface area (Å²) in [5, 5.41) is 2.81. The molecule has 1 fully saturated rings. The third kappa shape index (κ3) is 6.75. The molecular weight excluding hydrogens is 258 g/mol. The van der Waals surface area contributed by atoms with Crippen molar-refractivity contribution in [2.45, 2.75) is 58.1 Å². The molecule has 1 rings (SSSR count). The molecule has 0 unspecified atom stereocenters. The summed E-state index contributed by atoms with van der Waals surface area (Å²) in [6, 6.07) is 0.260. The minimum absolute atomic E-state index is 0.260. The number of primary amides is 1. The van der Waals surface area contributed by atoms with Gasteiger partial charge < -0.3 is 15.8 Å². The normalized spacial score (nSPS) is 20.4. The zero-order chi connectivity index (χ0) is 15.2. The van der Waals surface area contributed by atoms with Crippen LogP contribution in [0.4, 0.5) is 4.79 Å². The topological polar surface area (TPSA) is 84.7 Å². The second-order valence-corrected chi connectivity index (χ2v) is 6.28. The van der Waals surface area contributed by atoms with Crippen molar-refractivity contribution in [3.8, 4) is 0 Å². The van der Waals surface area contributed by atoms with Crippen molar-refractivity contribution in [2.75, 3.05) is 19.6 Å². The van der Waals surface area contributed by atoms with Crippen molar-refractivity contribution in [1.29, 1.82) is 0 Å². The first-order valence-corrected chi connectivity index (χ1v) is 7.27. The Hall–Kier alpha value is -1.30. The molecule has 1 saturated heterocycles. The maximum absolute atomic E-state index is 11.6. The molecule has 1 aliphatic rings. The number of nitrogens with zero attached hydrogens (tertiary/aromatic N) is 1. The number of hydrogen-bond donors (Lipinski definition) is 2. The number of likely N-dealkylation sites (tertiary alicyclic amines) is 1. The van der Waals surface area contributed by atoms with Crippen LogP contribution in [0.25, 0.3) is 0 Å². The minimum atomic E-state index is -0.484. The van der Waals surface area contributed by atoms with Gasteiger partial charge in [0.15, 0.2) is 0 Å². The summed E-state index contributed by atoms with van der Waals surface area (Å²) in [7, 11) is 0. The van der Waals surface area contributed by atoms with Crippen LogP contribution in [-0.2, 0) is 9.53 Å². The van der Waals surface area contributed by atoms with Crippen molar-refractivity contribution < 1.29 is 14.3 Å². The van der Waals surface area contributed by atoms with E-state index in [0.29, 0.717) is 19.5 Å². The quantitative estimate of drug-likeness (QED) is 0.796. The Kier molecular flexibility index (Phi) is 6.26. The van der Waals surface area contributed by atoms with Crippen molar-refractivity contribution in [3.05, 3.63) is 0 Å². The lowest BCUT2D eigenvalue weighted by Crippen LogP contribution is -2.48. The van der Waals surface area contributed by atoms with Gasteiger partial charge >= 0.3 is 6.09 Å². The van der Waals surface area contributed by atoms with Crippen molar-refractivity contribution >= 4 is 12.0 Å². The number of carbonyl (C=O) groups is 2. The molecule has 0 aromatic heterocycles. The zero-order valence-corrected chi connectivity index (χ0v) is 12.8. The molecule has 0 aliphatic carbocycles. The molecular formula is C14H27N3O3. The molecule has 20 heavy (non-hydrogen) atoms. The SMILES string of the molecule is CC(C)(C)OC(=O)NC[C@H]1CCCCN1CCC(N)=O. The fraction of sp³-hybridized carbons (Fsp3) is 0.857. The average Bonchev–Trinajstić information content (AvgIpc) is 2.32. The molecule has 2 amide bonds. The molecule has 1 heterocycles. The molecule has 3 N–H and O–H groups in total. The van der Waals surface area contributed by atoms with E-state index in [4.69, 9.17) is 10.5 Å². The number of amides is 2. The van der Waals surface area contributed by atoms with E-state index in [9.17, 15) is 9.59 Å². The first-order valence-electron chi connectivity index (χ1n) is 7.27. The Bertz CT molecular complexity index is 339. The van der Waals surface area contributed by atoms with Crippen LogP contribution >= 0.6 is 0 Å². The smallest absolute Gasteiger partial charge is 0.407 e. The lowest BCUT2D eigenvalue weighted by molar-refractivity contribution is -0.118. The highest BCUT2D eigenvalue weighted by atomic mass is 16.6. The van der Waals surface area contributed by atoms with Crippen LogP contribution in [0.5, 0.6) is 0 Å². The summed E-state index contributed by atoms with van der Waals surface area (Å²) < 4.78 is 5.22. The van der Waals surface area contributed by atoms with E-state index >= 15 is 0 Å². The molecule has 1 aliphatic heterocycles. The third-order valence-corrected chi connectivity index (χ3v) is 3.28. The first kappa shape index (κ1) is 16.8. The van der Waals surface area contributed by atoms with Crippen molar-refractivity contribution in [2.24, 2.45) is 5.73 Å². The van der Waals surface area contributed by atoms with Crippen LogP contribution in [0.2, 0.25) is 0 Å². The first-order chi connectivity index (χ1) is 9.28. The van der Waals surface area contributed by atoms with E-state index in [1.165, 1.54) is 0 Å². The van der Waals surface area contributed by atoms with Crippen molar-refractivity contribution in [1.82, 2.24) is 10.2 Å². The van der Waals surface area contributed by atoms with E-state index in [1.807, 2.05) is 20.8 Å². The van der Waals surface area contributed by atoms with Crippen LogP contribution in [0, 0.1) is 0 Å². The summed E-state index contributed by atoms with van der Waals surface area (Å²) in [4.78, 5) is 24.8. The predicted molar refractivity (Wildman–Crippen MR) is 77.3 cm³/mol. The maximum atomic E-state index is 11.6. The van der Waals surface area contributed by atoms with Gasteiger partial charge in [0, 0.05) is 25.6 Å². The number of carbonyl (C=O) groups excluding carboxylic acids is 2. The molecule has 0 aromatic rings. The number of hydrogen-bond acceptors (Lipinski definition) is 4. The fourth-order valence-corrected chi connectivity index (χ4v) is 2.35. The number of piperidine rings is 1. The van der Waals surface area contributed by atoms with E-state index in [2.05, 4.69) is 10.2 Å². The summed E-state index contributed by atoms with van der Waals surface area (Å²) in [6.45, 7) is 7.68. The lowest BCUT2D eigenvalue weighted by atomic mass is 10.0. The minimum Gasteiger partial charge on any atom is -0.444 e. The highest BCUT2D eigenvalue weighted by molar-refractivity contribution is 5.73. The molecule has 6 heteroatoms. The zero-order valence-electron chi connectivity index (χ0n) is 12.8. The van der Waals surface area contributed by atoms with Gasteiger partial charge in [-0.1, -0.05) is 6.42 Å². The molecule has 1 atom stereocenters. The average molecular weight is 285 g/mol. The lowest BCUT2D eigenvalue weighted by Gasteiger charge is -2.35. The molecule has 6 nitrogen and oxygen atoms in total. The van der Waals surface area contributed by atoms with Gasteiger partial charge in [-0.2, -0.15) is 0 Å². The van der Waals surface area contributed by atoms with E-state index < -0.39 is 11.7 Å². The summed E-state index contributed by atoms with van der Waals surface area (Å²) in [6.07, 6.45) is 3.27. The number of ether oxygens (including phenoxy) is 1. The summed E-state index contributed by atoms with van der Waals surface area (Å²) in [5.74, 6) is -0.283. The molecule has 0 saturated carbocycles. The van der Waals surface area contributed by atoms with Gasteiger partial charge in [-0.05, 0) is 40.2 Å². The van der Waals surface area contributed by atoms with Gasteiger partial charge in [0.05, 0.1) is 0 Å². The maximum Gasteiger partial charge on any atom is 0.407 e. The van der Waals surface area contributed by atoms with Gasteiger partial charge in [0.1, 0.15) is 5.60 Å². The van der Waals surface area contributed by atoms with Crippen molar-refractivity contribution in [3.63, 3.8) is 0 Å². The summed E-state index contributed by atoms with van der Waals surface area (Å²) in [5.41, 5.74) is 4.71. The Balaban J connectivity index is 2.38. The van der Waals surface area contributed by atoms with E-state index in [-0.39, 0.29) is 11.9 Å². The van der Waals surface area contributed by atoms with E-state index in [0.717, 1.165) is 25.8 Å². The number of nitrogens with one attached hydrogen (secondary N) is 1. The Morgan fingerprint density at radius 1 is 1.35 bits per heavy atom. The Morgan fingerprint density at radius 3 is 2.65 bits per heavy atom. The third-order valence-electron chi connectivity index (χ3n) is 3.28. The van der Waals surface area contributed by atoms with E-state index in [1.54, 1.807) is 0 Å². The second-order valence-electron chi connectivity index (χ2n) is 6.28. The van der Waals surface area contributed by atoms with Crippen LogP contribution in [0.3, 0.4) is 0 Å². The van der Waals surface area contributed by atoms with Crippen LogP contribution in [-0.4, -0.2) is 48.2 Å². The Labute approximate surface area is 121 Å². The second kappa shape index (κ2) is 7.47. The van der Waals surface area contributed by atoms with Gasteiger partial charge in [-0.25, -0.2) is 4.79 Å². The molecule has 0 spiro atoms. The summed E-state index contributed by atoms with van der Waals surface area (Å²) >= 11 is 0. The standard InChI is InChI=1S/C14H27N3O3/c1-14(2,3)20-13(19)16-10-11-6-4-5-8-17(11)9-7-12(15)18/h11H,4-10H2,1-3H3,(H2,15,18)(H,16,19)/t11-/m1/s1. The molecule has 0 aromatic carbocycles. The largest absolute Gasteiger partial charge is 0.444 e. The van der Waals surface area contributed by atoms with Crippen LogP contribution in [0.1, 0.15) is 46.5 Å². The molecule has 116 valence electrons. The van der Waals surface area contributed by atoms with Crippen LogP contribution < -0.4 is 11.1 Å². The van der Waals surface area contributed by atoms with Gasteiger partial charge in [-0.15, -0.1) is 0 Å². The highest BCUT2D eigenvalue weighted by Crippen LogP contribution is 2.16. The molecule has 0 radical (unpaired) electrons. The highest BCUT2D eigenvalue weighted by Gasteiger charge is 2.24.